The Morgan fingerprint density at radius 2 is 1.77 bits per heavy atom. The van der Waals surface area contributed by atoms with Gasteiger partial charge in [-0.25, -0.2) is 0 Å². The summed E-state index contributed by atoms with van der Waals surface area (Å²) in [6.07, 6.45) is 2.52. The maximum absolute atomic E-state index is 13.3. The molecule has 2 fully saturated rings. The van der Waals surface area contributed by atoms with Gasteiger partial charge < -0.3 is 10.1 Å². The summed E-state index contributed by atoms with van der Waals surface area (Å²) in [5.74, 6) is 0.536. The Morgan fingerprint density at radius 1 is 1.06 bits per heavy atom. The van der Waals surface area contributed by atoms with E-state index in [9.17, 15) is 4.79 Å². The Hall–Kier alpha value is -1.26. The molecule has 0 radical (unpaired) electrons. The summed E-state index contributed by atoms with van der Waals surface area (Å²) in [6.45, 7) is 5.25. The standard InChI is InChI=1S/C25H28Cl3NO2/c1-3-25-12-11-19(18-10-9-17(27)13-20(18)28)22(15-5-7-16(26)8-6-15)23(25)21(14-31-4-2)29-24(25)30/h5-10,13,19,21-23H,3-4,11-12,14H2,1-2H3,(H,29,30)/t19-,21+,22-,23-,25+/m0/s1. The van der Waals surface area contributed by atoms with Gasteiger partial charge in [0.2, 0.25) is 5.91 Å². The minimum absolute atomic E-state index is 0.0399. The molecule has 2 aliphatic rings. The lowest BCUT2D eigenvalue weighted by atomic mass is 9.54. The minimum atomic E-state index is -0.401. The number of fused-ring (bicyclic) bond motifs is 1. The first kappa shape index (κ1) is 22.9. The minimum Gasteiger partial charge on any atom is -0.380 e. The maximum Gasteiger partial charge on any atom is 0.226 e. The van der Waals surface area contributed by atoms with Crippen molar-refractivity contribution in [2.75, 3.05) is 13.2 Å². The second kappa shape index (κ2) is 9.31. The van der Waals surface area contributed by atoms with Gasteiger partial charge in [-0.15, -0.1) is 0 Å². The van der Waals surface area contributed by atoms with Crippen molar-refractivity contribution in [3.8, 4) is 0 Å². The van der Waals surface area contributed by atoms with E-state index in [1.807, 2.05) is 37.3 Å². The first-order valence-corrected chi connectivity index (χ1v) is 12.1. The molecule has 1 saturated carbocycles. The lowest BCUT2D eigenvalue weighted by molar-refractivity contribution is -0.131. The molecule has 3 nitrogen and oxygen atoms in total. The van der Waals surface area contributed by atoms with Crippen LogP contribution in [0.25, 0.3) is 0 Å². The summed E-state index contributed by atoms with van der Waals surface area (Å²) in [7, 11) is 0. The zero-order valence-electron chi connectivity index (χ0n) is 17.8. The number of carbonyl (C=O) groups is 1. The average Bonchev–Trinajstić information content (AvgIpc) is 3.04. The quantitative estimate of drug-likeness (QED) is 0.490. The predicted molar refractivity (Wildman–Crippen MR) is 127 cm³/mol. The van der Waals surface area contributed by atoms with E-state index in [0.717, 1.165) is 24.8 Å². The van der Waals surface area contributed by atoms with Crippen molar-refractivity contribution >= 4 is 40.7 Å². The molecule has 1 aliphatic heterocycles. The molecule has 1 heterocycles. The zero-order valence-corrected chi connectivity index (χ0v) is 20.1. The van der Waals surface area contributed by atoms with E-state index in [1.54, 1.807) is 0 Å². The SMILES string of the molecule is CCOC[C@H]1NC(=O)[C@]2(CC)CC[C@@H](c3ccc(Cl)cc3Cl)[C@H](c3ccc(Cl)cc3)[C@H]12. The maximum atomic E-state index is 13.3. The number of halogens is 3. The third kappa shape index (κ3) is 4.11. The van der Waals surface area contributed by atoms with E-state index < -0.39 is 5.41 Å². The van der Waals surface area contributed by atoms with Gasteiger partial charge in [0.25, 0.3) is 0 Å². The Balaban J connectivity index is 1.85. The number of carbonyl (C=O) groups excluding carboxylic acids is 1. The molecule has 31 heavy (non-hydrogen) atoms. The average molecular weight is 481 g/mol. The summed E-state index contributed by atoms with van der Waals surface area (Å²) in [4.78, 5) is 13.3. The van der Waals surface area contributed by atoms with E-state index in [1.165, 1.54) is 5.56 Å². The lowest BCUT2D eigenvalue weighted by Gasteiger charge is -2.48. The number of nitrogens with one attached hydrogen (secondary N) is 1. The summed E-state index contributed by atoms with van der Waals surface area (Å²) in [6, 6.07) is 13.8. The van der Waals surface area contributed by atoms with Crippen LogP contribution in [0, 0.1) is 11.3 Å². The van der Waals surface area contributed by atoms with Gasteiger partial charge in [0, 0.05) is 27.6 Å². The molecule has 2 aromatic carbocycles. The monoisotopic (exact) mass is 479 g/mol. The smallest absolute Gasteiger partial charge is 0.226 e. The lowest BCUT2D eigenvalue weighted by Crippen LogP contribution is -2.45. The molecule has 0 spiro atoms. The molecule has 0 unspecified atom stereocenters. The molecule has 1 amide bonds. The molecule has 166 valence electrons. The van der Waals surface area contributed by atoms with Crippen LogP contribution in [0.15, 0.2) is 42.5 Å². The van der Waals surface area contributed by atoms with Crippen LogP contribution in [0.1, 0.15) is 56.1 Å². The van der Waals surface area contributed by atoms with Crippen LogP contribution in [0.3, 0.4) is 0 Å². The molecular weight excluding hydrogens is 453 g/mol. The topological polar surface area (TPSA) is 38.3 Å². The first-order valence-electron chi connectivity index (χ1n) is 11.0. The molecule has 1 saturated heterocycles. The van der Waals surface area contributed by atoms with Gasteiger partial charge in [0.1, 0.15) is 0 Å². The van der Waals surface area contributed by atoms with Crippen LogP contribution < -0.4 is 5.32 Å². The highest BCUT2D eigenvalue weighted by atomic mass is 35.5. The molecule has 6 heteroatoms. The second-order valence-electron chi connectivity index (χ2n) is 8.66. The molecule has 0 aromatic heterocycles. The fourth-order valence-electron chi connectivity index (χ4n) is 5.89. The molecule has 2 aromatic rings. The van der Waals surface area contributed by atoms with E-state index in [0.29, 0.717) is 28.3 Å². The van der Waals surface area contributed by atoms with E-state index in [4.69, 9.17) is 39.5 Å². The summed E-state index contributed by atoms with van der Waals surface area (Å²) in [5.41, 5.74) is 1.87. The summed E-state index contributed by atoms with van der Waals surface area (Å²) >= 11 is 19.1. The van der Waals surface area contributed by atoms with Gasteiger partial charge in [0.15, 0.2) is 0 Å². The van der Waals surface area contributed by atoms with Crippen LogP contribution in [-0.2, 0) is 9.53 Å². The van der Waals surface area contributed by atoms with Crippen molar-refractivity contribution < 1.29 is 9.53 Å². The van der Waals surface area contributed by atoms with Gasteiger partial charge in [0.05, 0.1) is 18.1 Å². The van der Waals surface area contributed by atoms with Crippen molar-refractivity contribution in [2.45, 2.75) is 51.0 Å². The number of hydrogen-bond acceptors (Lipinski definition) is 2. The molecule has 1 aliphatic carbocycles. The van der Waals surface area contributed by atoms with Crippen molar-refractivity contribution in [1.29, 1.82) is 0 Å². The fraction of sp³-hybridized carbons (Fsp3) is 0.480. The van der Waals surface area contributed by atoms with Gasteiger partial charge in [-0.05, 0) is 73.4 Å². The third-order valence-electron chi connectivity index (χ3n) is 7.31. The molecule has 5 atom stereocenters. The Labute approximate surface area is 199 Å². The molecule has 4 rings (SSSR count). The van der Waals surface area contributed by atoms with Crippen LogP contribution in [0.5, 0.6) is 0 Å². The molecular formula is C25H28Cl3NO2. The molecule has 0 bridgehead atoms. The van der Waals surface area contributed by atoms with Crippen molar-refractivity contribution in [1.82, 2.24) is 5.32 Å². The van der Waals surface area contributed by atoms with E-state index in [2.05, 4.69) is 24.4 Å². The van der Waals surface area contributed by atoms with E-state index >= 15 is 0 Å². The number of amides is 1. The van der Waals surface area contributed by atoms with Crippen molar-refractivity contribution in [2.24, 2.45) is 11.3 Å². The van der Waals surface area contributed by atoms with Gasteiger partial charge in [-0.3, -0.25) is 4.79 Å². The van der Waals surface area contributed by atoms with Crippen molar-refractivity contribution in [3.63, 3.8) is 0 Å². The van der Waals surface area contributed by atoms with Crippen LogP contribution in [0.4, 0.5) is 0 Å². The van der Waals surface area contributed by atoms with Gasteiger partial charge in [-0.2, -0.15) is 0 Å². The fourth-order valence-corrected chi connectivity index (χ4v) is 6.57. The Morgan fingerprint density at radius 3 is 2.42 bits per heavy atom. The number of hydrogen-bond donors (Lipinski definition) is 1. The number of rotatable bonds is 6. The summed E-state index contributed by atoms with van der Waals surface area (Å²) in [5, 5.41) is 5.29. The highest BCUT2D eigenvalue weighted by molar-refractivity contribution is 6.35. The van der Waals surface area contributed by atoms with Gasteiger partial charge in [-0.1, -0.05) is 59.9 Å². The van der Waals surface area contributed by atoms with Crippen molar-refractivity contribution in [3.05, 3.63) is 68.7 Å². The second-order valence-corrected chi connectivity index (χ2v) is 9.94. The Kier molecular flexibility index (Phi) is 6.88. The van der Waals surface area contributed by atoms with Crippen LogP contribution in [-0.4, -0.2) is 25.2 Å². The highest BCUT2D eigenvalue weighted by Crippen LogP contribution is 2.60. The third-order valence-corrected chi connectivity index (χ3v) is 8.13. The van der Waals surface area contributed by atoms with Gasteiger partial charge >= 0.3 is 0 Å². The summed E-state index contributed by atoms with van der Waals surface area (Å²) < 4.78 is 5.81. The Bertz CT molecular complexity index is 948. The molecule has 1 N–H and O–H groups in total. The number of ether oxygens (including phenoxy) is 1. The van der Waals surface area contributed by atoms with Crippen LogP contribution in [0.2, 0.25) is 15.1 Å². The largest absolute Gasteiger partial charge is 0.380 e. The zero-order chi connectivity index (χ0) is 22.2. The predicted octanol–water partition coefficient (Wildman–Crippen LogP) is 6.86. The normalized spacial score (nSPS) is 30.2. The number of benzene rings is 2. The van der Waals surface area contributed by atoms with Crippen LogP contribution >= 0.6 is 34.8 Å². The van der Waals surface area contributed by atoms with E-state index in [-0.39, 0.29) is 29.7 Å². The highest BCUT2D eigenvalue weighted by Gasteiger charge is 2.60. The first-order chi connectivity index (χ1) is 14.9.